The second-order valence-electron chi connectivity index (χ2n) is 4.49. The Morgan fingerprint density at radius 1 is 1.20 bits per heavy atom. The zero-order chi connectivity index (χ0) is 13.9. The molecular formula is C15H13N3O2. The van der Waals surface area contributed by atoms with Crippen molar-refractivity contribution in [2.75, 3.05) is 0 Å². The molecule has 1 aromatic carbocycles. The molecule has 0 aliphatic carbocycles. The van der Waals surface area contributed by atoms with Gasteiger partial charge in [0.2, 0.25) is 5.91 Å². The van der Waals surface area contributed by atoms with Crippen LogP contribution >= 0.6 is 0 Å². The summed E-state index contributed by atoms with van der Waals surface area (Å²) >= 11 is 0. The number of aldehydes is 1. The van der Waals surface area contributed by atoms with Crippen molar-refractivity contribution in [3.8, 4) is 0 Å². The lowest BCUT2D eigenvalue weighted by molar-refractivity contribution is 0.0899. The van der Waals surface area contributed by atoms with E-state index in [1.807, 2.05) is 24.3 Å². The van der Waals surface area contributed by atoms with Crippen molar-refractivity contribution in [1.29, 1.82) is 0 Å². The van der Waals surface area contributed by atoms with Gasteiger partial charge in [-0.2, -0.15) is 0 Å². The van der Waals surface area contributed by atoms with Crippen LogP contribution in [0.1, 0.15) is 21.7 Å². The SMILES string of the molecule is O=Cc1cccn1CCC(=O)n1cnc2ccccc21. The first-order valence-corrected chi connectivity index (χ1v) is 6.35. The van der Waals surface area contributed by atoms with Crippen LogP contribution in [-0.2, 0) is 6.54 Å². The van der Waals surface area contributed by atoms with Crippen LogP contribution in [0.4, 0.5) is 0 Å². The highest BCUT2D eigenvalue weighted by Gasteiger charge is 2.10. The van der Waals surface area contributed by atoms with Gasteiger partial charge >= 0.3 is 0 Å². The standard InChI is InChI=1S/C15H13N3O2/c19-10-12-4-3-8-17(12)9-7-15(20)18-11-16-13-5-1-2-6-14(13)18/h1-6,8,10-11H,7,9H2. The summed E-state index contributed by atoms with van der Waals surface area (Å²) in [6.45, 7) is 0.479. The van der Waals surface area contributed by atoms with E-state index in [0.29, 0.717) is 18.7 Å². The van der Waals surface area contributed by atoms with E-state index in [1.165, 1.54) is 0 Å². The number of carbonyl (C=O) groups excluding carboxylic acids is 2. The van der Waals surface area contributed by atoms with Gasteiger partial charge in [-0.05, 0) is 24.3 Å². The molecule has 2 aromatic heterocycles. The topological polar surface area (TPSA) is 56.9 Å². The molecule has 3 aromatic rings. The number of imidazole rings is 1. The summed E-state index contributed by atoms with van der Waals surface area (Å²) < 4.78 is 3.32. The monoisotopic (exact) mass is 267 g/mol. The Labute approximate surface area is 115 Å². The summed E-state index contributed by atoms with van der Waals surface area (Å²) in [5.74, 6) is -0.0377. The van der Waals surface area contributed by atoms with Gasteiger partial charge in [0.25, 0.3) is 0 Å². The van der Waals surface area contributed by atoms with E-state index in [1.54, 1.807) is 33.8 Å². The van der Waals surface area contributed by atoms with Crippen LogP contribution in [0.15, 0.2) is 48.9 Å². The fourth-order valence-corrected chi connectivity index (χ4v) is 2.23. The smallest absolute Gasteiger partial charge is 0.234 e. The molecule has 0 amide bonds. The van der Waals surface area contributed by atoms with E-state index in [0.717, 1.165) is 17.3 Å². The Morgan fingerprint density at radius 2 is 2.05 bits per heavy atom. The summed E-state index contributed by atoms with van der Waals surface area (Å²) in [6.07, 6.45) is 4.44. The van der Waals surface area contributed by atoms with Gasteiger partial charge in [-0.25, -0.2) is 4.98 Å². The minimum atomic E-state index is -0.0377. The molecular weight excluding hydrogens is 254 g/mol. The minimum Gasteiger partial charge on any atom is -0.345 e. The number of hydrogen-bond acceptors (Lipinski definition) is 3. The Morgan fingerprint density at radius 3 is 2.90 bits per heavy atom. The molecule has 20 heavy (non-hydrogen) atoms. The maximum absolute atomic E-state index is 12.2. The molecule has 0 bridgehead atoms. The first kappa shape index (κ1) is 12.3. The normalized spacial score (nSPS) is 10.8. The molecule has 0 spiro atoms. The van der Waals surface area contributed by atoms with Gasteiger partial charge in [-0.1, -0.05) is 12.1 Å². The van der Waals surface area contributed by atoms with Crippen LogP contribution in [0.5, 0.6) is 0 Å². The van der Waals surface area contributed by atoms with E-state index in [9.17, 15) is 9.59 Å². The molecule has 0 aliphatic heterocycles. The fourth-order valence-electron chi connectivity index (χ4n) is 2.23. The van der Waals surface area contributed by atoms with Crippen molar-refractivity contribution in [2.24, 2.45) is 0 Å². The lowest BCUT2D eigenvalue weighted by Crippen LogP contribution is -2.13. The van der Waals surface area contributed by atoms with Crippen molar-refractivity contribution >= 4 is 23.2 Å². The van der Waals surface area contributed by atoms with Crippen LogP contribution in [0, 0.1) is 0 Å². The van der Waals surface area contributed by atoms with Gasteiger partial charge in [0.15, 0.2) is 6.29 Å². The third-order valence-corrected chi connectivity index (χ3v) is 3.27. The number of nitrogens with zero attached hydrogens (tertiary/aromatic N) is 3. The number of carbonyl (C=O) groups is 2. The molecule has 5 heteroatoms. The molecule has 0 atom stereocenters. The molecule has 0 saturated carbocycles. The summed E-state index contributed by atoms with van der Waals surface area (Å²) in [6, 6.07) is 11.0. The van der Waals surface area contributed by atoms with Crippen molar-refractivity contribution in [2.45, 2.75) is 13.0 Å². The summed E-state index contributed by atoms with van der Waals surface area (Å²) in [5, 5.41) is 0. The van der Waals surface area contributed by atoms with Crippen molar-refractivity contribution in [1.82, 2.24) is 14.1 Å². The first-order valence-electron chi connectivity index (χ1n) is 6.35. The molecule has 0 radical (unpaired) electrons. The van der Waals surface area contributed by atoms with Crippen LogP contribution in [-0.4, -0.2) is 26.3 Å². The fraction of sp³-hybridized carbons (Fsp3) is 0.133. The molecule has 0 saturated heterocycles. The number of aryl methyl sites for hydroxylation is 1. The van der Waals surface area contributed by atoms with Gasteiger partial charge in [-0.3, -0.25) is 14.2 Å². The Hall–Kier alpha value is -2.69. The number of para-hydroxylation sites is 2. The third-order valence-electron chi connectivity index (χ3n) is 3.27. The maximum atomic E-state index is 12.2. The molecule has 0 fully saturated rings. The van der Waals surface area contributed by atoms with Gasteiger partial charge in [0, 0.05) is 19.2 Å². The molecule has 3 rings (SSSR count). The second-order valence-corrected chi connectivity index (χ2v) is 4.49. The predicted octanol–water partition coefficient (Wildman–Crippen LogP) is 2.38. The highest BCUT2D eigenvalue weighted by atomic mass is 16.2. The van der Waals surface area contributed by atoms with Gasteiger partial charge in [0.1, 0.15) is 6.33 Å². The summed E-state index contributed by atoms with van der Waals surface area (Å²) in [4.78, 5) is 27.2. The Balaban J connectivity index is 1.78. The Kier molecular flexibility index (Phi) is 3.16. The molecule has 2 heterocycles. The number of benzene rings is 1. The van der Waals surface area contributed by atoms with Crippen molar-refractivity contribution in [3.63, 3.8) is 0 Å². The van der Waals surface area contributed by atoms with Crippen LogP contribution in [0.2, 0.25) is 0 Å². The maximum Gasteiger partial charge on any atom is 0.234 e. The molecule has 0 unspecified atom stereocenters. The minimum absolute atomic E-state index is 0.0377. The largest absolute Gasteiger partial charge is 0.345 e. The summed E-state index contributed by atoms with van der Waals surface area (Å²) in [7, 11) is 0. The van der Waals surface area contributed by atoms with E-state index >= 15 is 0 Å². The van der Waals surface area contributed by atoms with Crippen LogP contribution < -0.4 is 0 Å². The summed E-state index contributed by atoms with van der Waals surface area (Å²) in [5.41, 5.74) is 2.18. The highest BCUT2D eigenvalue weighted by Crippen LogP contribution is 2.12. The number of rotatable bonds is 4. The highest BCUT2D eigenvalue weighted by molar-refractivity contribution is 5.90. The average molecular weight is 267 g/mol. The van der Waals surface area contributed by atoms with Crippen LogP contribution in [0.25, 0.3) is 11.0 Å². The lowest BCUT2D eigenvalue weighted by atomic mass is 10.3. The molecule has 0 N–H and O–H groups in total. The van der Waals surface area contributed by atoms with E-state index in [-0.39, 0.29) is 5.91 Å². The third kappa shape index (κ3) is 2.14. The zero-order valence-electron chi connectivity index (χ0n) is 10.8. The van der Waals surface area contributed by atoms with Crippen molar-refractivity contribution < 1.29 is 9.59 Å². The van der Waals surface area contributed by atoms with E-state index in [2.05, 4.69) is 4.98 Å². The van der Waals surface area contributed by atoms with Crippen molar-refractivity contribution in [3.05, 3.63) is 54.6 Å². The predicted molar refractivity (Wildman–Crippen MR) is 74.8 cm³/mol. The van der Waals surface area contributed by atoms with E-state index in [4.69, 9.17) is 0 Å². The second kappa shape index (κ2) is 5.13. The molecule has 100 valence electrons. The first-order chi connectivity index (χ1) is 9.79. The van der Waals surface area contributed by atoms with Gasteiger partial charge in [-0.15, -0.1) is 0 Å². The van der Waals surface area contributed by atoms with Gasteiger partial charge in [0.05, 0.1) is 16.7 Å². The lowest BCUT2D eigenvalue weighted by Gasteiger charge is -2.06. The number of fused-ring (bicyclic) bond motifs is 1. The van der Waals surface area contributed by atoms with E-state index < -0.39 is 0 Å². The number of aromatic nitrogens is 3. The number of hydrogen-bond donors (Lipinski definition) is 0. The Bertz CT molecular complexity index is 770. The quantitative estimate of drug-likeness (QED) is 0.682. The molecule has 5 nitrogen and oxygen atoms in total. The molecule has 0 aliphatic rings. The van der Waals surface area contributed by atoms with Crippen LogP contribution in [0.3, 0.4) is 0 Å². The van der Waals surface area contributed by atoms with Gasteiger partial charge < -0.3 is 4.57 Å². The average Bonchev–Trinajstić information content (AvgIpc) is 3.11. The zero-order valence-corrected chi connectivity index (χ0v) is 10.8.